The molecule has 4 aromatic rings. The maximum atomic E-state index is 14.5. The third-order valence-corrected chi connectivity index (χ3v) is 9.01. The number of benzene rings is 4. The number of anilines is 1. The van der Waals surface area contributed by atoms with E-state index < -0.39 is 34.1 Å². The molecule has 0 saturated heterocycles. The Morgan fingerprint density at radius 1 is 0.818 bits per heavy atom. The molecule has 1 N–H and O–H groups in total. The topological polar surface area (TPSA) is 86.8 Å². The Bertz CT molecular complexity index is 1690. The minimum absolute atomic E-state index is 0.0431. The lowest BCUT2D eigenvalue weighted by atomic mass is 10.0. The largest absolute Gasteiger partial charge is 0.350 e. The number of carbonyl (C=O) groups is 2. The molecule has 0 spiro atoms. The predicted molar refractivity (Wildman–Crippen MR) is 176 cm³/mol. The second kappa shape index (κ2) is 14.1. The SMILES string of the molecule is Cc1ccccc1N(CC(=O)N(Cc1cccc(Cl)c1)[C@H](Cc1ccccc1)C(=O)NC(C)(C)C)S(=O)(=O)c1ccccc1. The molecule has 4 aromatic carbocycles. The molecule has 44 heavy (non-hydrogen) atoms. The molecule has 0 unspecified atom stereocenters. The monoisotopic (exact) mass is 631 g/mol. The minimum Gasteiger partial charge on any atom is -0.350 e. The Kier molecular flexibility index (Phi) is 10.5. The number of nitrogens with one attached hydrogen (secondary N) is 1. The lowest BCUT2D eigenvalue weighted by molar-refractivity contribution is -0.140. The van der Waals surface area contributed by atoms with E-state index in [4.69, 9.17) is 11.6 Å². The first-order valence-electron chi connectivity index (χ1n) is 14.4. The van der Waals surface area contributed by atoms with Gasteiger partial charge in [-0.2, -0.15) is 0 Å². The van der Waals surface area contributed by atoms with Crippen LogP contribution in [0.4, 0.5) is 5.69 Å². The van der Waals surface area contributed by atoms with Crippen molar-refractivity contribution >= 4 is 39.1 Å². The number of hydrogen-bond acceptors (Lipinski definition) is 4. The third-order valence-electron chi connectivity index (χ3n) is 7.01. The van der Waals surface area contributed by atoms with Crippen LogP contribution in [0.5, 0.6) is 0 Å². The molecule has 0 saturated carbocycles. The van der Waals surface area contributed by atoms with Gasteiger partial charge in [0.1, 0.15) is 12.6 Å². The molecule has 230 valence electrons. The number of hydrogen-bond donors (Lipinski definition) is 1. The van der Waals surface area contributed by atoms with Crippen molar-refractivity contribution in [1.82, 2.24) is 10.2 Å². The second-order valence-electron chi connectivity index (χ2n) is 11.7. The van der Waals surface area contributed by atoms with Crippen LogP contribution in [0.1, 0.15) is 37.5 Å². The van der Waals surface area contributed by atoms with Gasteiger partial charge in [0, 0.05) is 23.5 Å². The summed E-state index contributed by atoms with van der Waals surface area (Å²) in [6.07, 6.45) is 0.227. The zero-order valence-electron chi connectivity index (χ0n) is 25.4. The molecular formula is C35H38ClN3O4S. The number of amides is 2. The Labute approximate surface area is 265 Å². The molecule has 4 rings (SSSR count). The van der Waals surface area contributed by atoms with E-state index in [1.54, 1.807) is 61.5 Å². The smallest absolute Gasteiger partial charge is 0.264 e. The van der Waals surface area contributed by atoms with Crippen LogP contribution in [0.3, 0.4) is 0 Å². The fraction of sp³-hybridized carbons (Fsp3) is 0.257. The minimum atomic E-state index is -4.15. The van der Waals surface area contributed by atoms with Crippen molar-refractivity contribution in [2.45, 2.75) is 57.1 Å². The summed E-state index contributed by atoms with van der Waals surface area (Å²) in [6.45, 7) is 6.95. The molecule has 0 fully saturated rings. The zero-order valence-corrected chi connectivity index (χ0v) is 27.0. The van der Waals surface area contributed by atoms with Crippen LogP contribution in [0.2, 0.25) is 5.02 Å². The number of rotatable bonds is 11. The van der Waals surface area contributed by atoms with Crippen LogP contribution in [0.25, 0.3) is 0 Å². The molecule has 0 aliphatic heterocycles. The molecule has 7 nitrogen and oxygen atoms in total. The lowest BCUT2D eigenvalue weighted by Gasteiger charge is -2.35. The highest BCUT2D eigenvalue weighted by atomic mass is 35.5. The fourth-order valence-corrected chi connectivity index (χ4v) is 6.63. The van der Waals surface area contributed by atoms with Gasteiger partial charge in [-0.05, 0) is 74.7 Å². The van der Waals surface area contributed by atoms with Gasteiger partial charge < -0.3 is 10.2 Å². The van der Waals surface area contributed by atoms with Crippen LogP contribution in [0.15, 0.2) is 114 Å². The maximum Gasteiger partial charge on any atom is 0.264 e. The summed E-state index contributed by atoms with van der Waals surface area (Å²) < 4.78 is 29.3. The standard InChI is InChI=1S/C35H38ClN3O4S/c1-26-14-11-12-21-31(26)39(44(42,43)30-19-9-6-10-20-30)25-33(40)38(24-28-17-13-18-29(36)22-28)32(34(41)37-35(2,3)4)23-27-15-7-5-8-16-27/h5-22,32H,23-25H2,1-4H3,(H,37,41)/t32-/m1/s1. The number of halogens is 1. The summed E-state index contributed by atoms with van der Waals surface area (Å²) in [5, 5.41) is 3.52. The first kappa shape index (κ1) is 32.8. The Morgan fingerprint density at radius 2 is 1.41 bits per heavy atom. The van der Waals surface area contributed by atoms with Gasteiger partial charge >= 0.3 is 0 Å². The van der Waals surface area contributed by atoms with Gasteiger partial charge in [0.2, 0.25) is 11.8 Å². The molecular weight excluding hydrogens is 594 g/mol. The first-order valence-corrected chi connectivity index (χ1v) is 16.2. The molecule has 0 radical (unpaired) electrons. The van der Waals surface area contributed by atoms with E-state index in [2.05, 4.69) is 5.32 Å². The van der Waals surface area contributed by atoms with E-state index in [0.29, 0.717) is 21.8 Å². The van der Waals surface area contributed by atoms with E-state index in [1.165, 1.54) is 17.0 Å². The van der Waals surface area contributed by atoms with Gasteiger partial charge in [-0.15, -0.1) is 0 Å². The second-order valence-corrected chi connectivity index (χ2v) is 14.0. The zero-order chi connectivity index (χ0) is 31.9. The number of carbonyl (C=O) groups excluding carboxylic acids is 2. The number of aryl methyl sites for hydroxylation is 1. The molecule has 0 aromatic heterocycles. The maximum absolute atomic E-state index is 14.5. The average molecular weight is 632 g/mol. The third kappa shape index (κ3) is 8.49. The summed E-state index contributed by atoms with van der Waals surface area (Å²) >= 11 is 6.31. The van der Waals surface area contributed by atoms with Crippen molar-refractivity contribution in [2.24, 2.45) is 0 Å². The van der Waals surface area contributed by atoms with Gasteiger partial charge in [0.05, 0.1) is 10.6 Å². The number of sulfonamides is 1. The molecule has 0 aliphatic carbocycles. The van der Waals surface area contributed by atoms with Crippen molar-refractivity contribution in [1.29, 1.82) is 0 Å². The van der Waals surface area contributed by atoms with Crippen molar-refractivity contribution in [3.63, 3.8) is 0 Å². The summed E-state index contributed by atoms with van der Waals surface area (Å²) in [6, 6.07) is 30.6. The Morgan fingerprint density at radius 3 is 2.02 bits per heavy atom. The van der Waals surface area contributed by atoms with Gasteiger partial charge in [0.25, 0.3) is 10.0 Å². The van der Waals surface area contributed by atoms with Crippen molar-refractivity contribution in [2.75, 3.05) is 10.8 Å². The van der Waals surface area contributed by atoms with Gasteiger partial charge in [0.15, 0.2) is 0 Å². The van der Waals surface area contributed by atoms with Crippen molar-refractivity contribution in [3.05, 3.63) is 131 Å². The van der Waals surface area contributed by atoms with E-state index >= 15 is 0 Å². The molecule has 0 bridgehead atoms. The van der Waals surface area contributed by atoms with Crippen molar-refractivity contribution in [3.8, 4) is 0 Å². The molecule has 1 atom stereocenters. The average Bonchev–Trinajstić information content (AvgIpc) is 2.98. The van der Waals surface area contributed by atoms with Gasteiger partial charge in [-0.25, -0.2) is 8.42 Å². The molecule has 9 heteroatoms. The van der Waals surface area contributed by atoms with Crippen LogP contribution in [-0.2, 0) is 32.6 Å². The van der Waals surface area contributed by atoms with Gasteiger partial charge in [-0.1, -0.05) is 90.5 Å². The fourth-order valence-electron chi connectivity index (χ4n) is 4.92. The highest BCUT2D eigenvalue weighted by molar-refractivity contribution is 7.92. The Hall–Kier alpha value is -4.14. The number of para-hydroxylation sites is 1. The normalized spacial score (nSPS) is 12.3. The van der Waals surface area contributed by atoms with Crippen molar-refractivity contribution < 1.29 is 18.0 Å². The summed E-state index contributed by atoms with van der Waals surface area (Å²) in [5.41, 5.74) is 2.07. The quantitative estimate of drug-likeness (QED) is 0.208. The van der Waals surface area contributed by atoms with Crippen LogP contribution >= 0.6 is 11.6 Å². The number of nitrogens with zero attached hydrogens (tertiary/aromatic N) is 2. The predicted octanol–water partition coefficient (Wildman–Crippen LogP) is 6.40. The van der Waals surface area contributed by atoms with Gasteiger partial charge in [-0.3, -0.25) is 13.9 Å². The first-order chi connectivity index (χ1) is 20.8. The Balaban J connectivity index is 1.82. The van der Waals surface area contributed by atoms with E-state index in [0.717, 1.165) is 9.87 Å². The molecule has 0 aliphatic rings. The molecule has 2 amide bonds. The summed E-state index contributed by atoms with van der Waals surface area (Å²) in [7, 11) is -4.15. The van der Waals surface area contributed by atoms with E-state index in [-0.39, 0.29) is 23.8 Å². The molecule has 0 heterocycles. The highest BCUT2D eigenvalue weighted by Gasteiger charge is 2.36. The highest BCUT2D eigenvalue weighted by Crippen LogP contribution is 2.28. The van der Waals surface area contributed by atoms with E-state index in [9.17, 15) is 18.0 Å². The van der Waals surface area contributed by atoms with Crippen LogP contribution in [0, 0.1) is 6.92 Å². The van der Waals surface area contributed by atoms with E-state index in [1.807, 2.05) is 63.2 Å². The lowest BCUT2D eigenvalue weighted by Crippen LogP contribution is -2.56. The van der Waals surface area contributed by atoms with Crippen LogP contribution in [-0.4, -0.2) is 43.3 Å². The summed E-state index contributed by atoms with van der Waals surface area (Å²) in [5.74, 6) is -0.872. The van der Waals surface area contributed by atoms with Crippen LogP contribution < -0.4 is 9.62 Å². The summed E-state index contributed by atoms with van der Waals surface area (Å²) in [4.78, 5) is 30.0.